The molecule has 0 spiro atoms. The summed E-state index contributed by atoms with van der Waals surface area (Å²) >= 11 is 5.83. The Kier molecular flexibility index (Phi) is 4.59. The predicted octanol–water partition coefficient (Wildman–Crippen LogP) is 4.01. The van der Waals surface area contributed by atoms with Crippen LogP contribution in [0.1, 0.15) is 5.56 Å². The zero-order valence-electron chi connectivity index (χ0n) is 10.7. The predicted molar refractivity (Wildman–Crippen MR) is 77.1 cm³/mol. The van der Waals surface area contributed by atoms with Crippen LogP contribution in [-0.2, 0) is 4.84 Å². The second-order valence-corrected chi connectivity index (χ2v) is 4.22. The third kappa shape index (κ3) is 3.28. The van der Waals surface area contributed by atoms with Gasteiger partial charge in [0.15, 0.2) is 5.71 Å². The molecule has 0 bridgehead atoms. The number of hydrogen-bond donors (Lipinski definition) is 0. The maximum atomic E-state index is 9.10. The summed E-state index contributed by atoms with van der Waals surface area (Å²) in [5, 5.41) is 13.4. The molecule has 0 atom stereocenters. The van der Waals surface area contributed by atoms with Crippen molar-refractivity contribution in [3.8, 4) is 17.6 Å². The van der Waals surface area contributed by atoms with Crippen LogP contribution in [0.25, 0.3) is 0 Å². The van der Waals surface area contributed by atoms with Crippen LogP contribution >= 0.6 is 11.6 Å². The molecule has 0 N–H and O–H groups in total. The summed E-state index contributed by atoms with van der Waals surface area (Å²) in [4.78, 5) is 4.66. The van der Waals surface area contributed by atoms with Crippen molar-refractivity contribution < 1.29 is 9.57 Å². The van der Waals surface area contributed by atoms with E-state index in [0.717, 1.165) is 0 Å². The highest BCUT2D eigenvalue weighted by atomic mass is 35.5. The summed E-state index contributed by atoms with van der Waals surface area (Å²) in [6.07, 6.45) is 0. The van der Waals surface area contributed by atoms with E-state index in [0.29, 0.717) is 22.1 Å². The molecule has 0 saturated heterocycles. The molecule has 0 saturated carbocycles. The number of nitriles is 1. The first-order chi connectivity index (χ1) is 9.74. The average molecular weight is 287 g/mol. The van der Waals surface area contributed by atoms with Crippen LogP contribution in [0.15, 0.2) is 53.7 Å². The van der Waals surface area contributed by atoms with E-state index < -0.39 is 0 Å². The minimum absolute atomic E-state index is 0.150. The number of benzene rings is 2. The fourth-order valence-electron chi connectivity index (χ4n) is 1.60. The summed E-state index contributed by atoms with van der Waals surface area (Å²) in [6.45, 7) is 0. The van der Waals surface area contributed by atoms with Gasteiger partial charge in [-0.25, -0.2) is 0 Å². The minimum Gasteiger partial charge on any atom is -0.457 e. The Morgan fingerprint density at radius 2 is 1.85 bits per heavy atom. The lowest BCUT2D eigenvalue weighted by Crippen LogP contribution is -2.01. The fraction of sp³-hybridized carbons (Fsp3) is 0.0667. The second-order valence-electron chi connectivity index (χ2n) is 3.79. The van der Waals surface area contributed by atoms with Gasteiger partial charge >= 0.3 is 0 Å². The molecule has 0 unspecified atom stereocenters. The van der Waals surface area contributed by atoms with Crippen LogP contribution in [0.5, 0.6) is 11.5 Å². The van der Waals surface area contributed by atoms with Crippen molar-refractivity contribution in [1.82, 2.24) is 0 Å². The first kappa shape index (κ1) is 13.9. The normalized spacial score (nSPS) is 10.8. The lowest BCUT2D eigenvalue weighted by atomic mass is 10.1. The van der Waals surface area contributed by atoms with Crippen molar-refractivity contribution in [1.29, 1.82) is 5.26 Å². The monoisotopic (exact) mass is 286 g/mol. The van der Waals surface area contributed by atoms with E-state index in [4.69, 9.17) is 21.6 Å². The van der Waals surface area contributed by atoms with Crippen LogP contribution < -0.4 is 4.74 Å². The summed E-state index contributed by atoms with van der Waals surface area (Å²) in [5.41, 5.74) is 0.712. The molecule has 0 fully saturated rings. The van der Waals surface area contributed by atoms with Crippen molar-refractivity contribution in [2.75, 3.05) is 7.11 Å². The Bertz CT molecular complexity index is 660. The van der Waals surface area contributed by atoms with E-state index in [2.05, 4.69) is 9.99 Å². The summed E-state index contributed by atoms with van der Waals surface area (Å²) in [5.74, 6) is 1.14. The smallest absolute Gasteiger partial charge is 0.190 e. The zero-order valence-corrected chi connectivity index (χ0v) is 11.5. The van der Waals surface area contributed by atoms with E-state index in [-0.39, 0.29) is 5.71 Å². The molecule has 0 amide bonds. The Morgan fingerprint density at radius 1 is 1.15 bits per heavy atom. The standard InChI is InChI=1S/C15H11ClN2O2/c1-19-18-14(10-17)13-4-2-3-5-15(13)20-12-8-6-11(16)7-9-12/h2-9H,1H3/b18-14+. The lowest BCUT2D eigenvalue weighted by molar-refractivity contribution is 0.214. The Morgan fingerprint density at radius 3 is 2.50 bits per heavy atom. The number of halogens is 1. The molecular weight excluding hydrogens is 276 g/mol. The Balaban J connectivity index is 2.35. The lowest BCUT2D eigenvalue weighted by Gasteiger charge is -2.09. The van der Waals surface area contributed by atoms with Crippen molar-refractivity contribution >= 4 is 17.3 Å². The van der Waals surface area contributed by atoms with Gasteiger partial charge in [0.25, 0.3) is 0 Å². The highest BCUT2D eigenvalue weighted by Crippen LogP contribution is 2.26. The first-order valence-corrected chi connectivity index (χ1v) is 6.16. The summed E-state index contributed by atoms with van der Waals surface area (Å²) in [6, 6.07) is 16.0. The maximum absolute atomic E-state index is 9.10. The number of hydrogen-bond acceptors (Lipinski definition) is 4. The van der Waals surface area contributed by atoms with E-state index in [9.17, 15) is 0 Å². The van der Waals surface area contributed by atoms with Crippen LogP contribution in [0.4, 0.5) is 0 Å². The molecule has 5 heteroatoms. The van der Waals surface area contributed by atoms with Crippen LogP contribution in [0, 0.1) is 11.3 Å². The third-order valence-electron chi connectivity index (χ3n) is 2.47. The van der Waals surface area contributed by atoms with Crippen LogP contribution in [-0.4, -0.2) is 12.8 Å². The van der Waals surface area contributed by atoms with Gasteiger partial charge in [0.1, 0.15) is 24.7 Å². The van der Waals surface area contributed by atoms with Gasteiger partial charge in [0.2, 0.25) is 0 Å². The SMILES string of the molecule is CO/N=C(\C#N)c1ccccc1Oc1ccc(Cl)cc1. The van der Waals surface area contributed by atoms with Gasteiger partial charge in [0.05, 0.1) is 5.56 Å². The molecule has 0 aliphatic rings. The first-order valence-electron chi connectivity index (χ1n) is 5.78. The molecule has 0 heterocycles. The highest BCUT2D eigenvalue weighted by Gasteiger charge is 2.11. The molecule has 0 aromatic heterocycles. The Hall–Kier alpha value is -2.51. The molecule has 100 valence electrons. The molecular formula is C15H11ClN2O2. The van der Waals surface area contributed by atoms with E-state index in [1.54, 1.807) is 42.5 Å². The molecule has 20 heavy (non-hydrogen) atoms. The molecule has 0 aliphatic carbocycles. The van der Waals surface area contributed by atoms with Gasteiger partial charge < -0.3 is 9.57 Å². The zero-order chi connectivity index (χ0) is 14.4. The summed E-state index contributed by atoms with van der Waals surface area (Å²) < 4.78 is 5.75. The van der Waals surface area contributed by atoms with Crippen LogP contribution in [0.2, 0.25) is 5.02 Å². The molecule has 2 rings (SSSR count). The van der Waals surface area contributed by atoms with Crippen molar-refractivity contribution in [3.63, 3.8) is 0 Å². The van der Waals surface area contributed by atoms with E-state index >= 15 is 0 Å². The average Bonchev–Trinajstić information content (AvgIpc) is 2.48. The van der Waals surface area contributed by atoms with E-state index in [1.807, 2.05) is 12.1 Å². The number of ether oxygens (including phenoxy) is 1. The van der Waals surface area contributed by atoms with Crippen molar-refractivity contribution in [3.05, 3.63) is 59.1 Å². The number of para-hydroxylation sites is 1. The van der Waals surface area contributed by atoms with Gasteiger partial charge in [-0.15, -0.1) is 0 Å². The number of rotatable bonds is 4. The topological polar surface area (TPSA) is 54.6 Å². The number of oxime groups is 1. The Labute approximate surface area is 121 Å². The minimum atomic E-state index is 0.150. The van der Waals surface area contributed by atoms with Crippen molar-refractivity contribution in [2.45, 2.75) is 0 Å². The second kappa shape index (κ2) is 6.60. The quantitative estimate of drug-likeness (QED) is 0.630. The molecule has 0 aliphatic heterocycles. The molecule has 2 aromatic rings. The summed E-state index contributed by atoms with van der Waals surface area (Å²) in [7, 11) is 1.39. The highest BCUT2D eigenvalue weighted by molar-refractivity contribution is 6.30. The largest absolute Gasteiger partial charge is 0.457 e. The van der Waals surface area contributed by atoms with Gasteiger partial charge in [0, 0.05) is 5.02 Å². The van der Waals surface area contributed by atoms with Gasteiger partial charge in [-0.2, -0.15) is 5.26 Å². The number of nitrogens with zero attached hydrogens (tertiary/aromatic N) is 2. The molecule has 2 aromatic carbocycles. The van der Waals surface area contributed by atoms with E-state index in [1.165, 1.54) is 7.11 Å². The van der Waals surface area contributed by atoms with Crippen molar-refractivity contribution in [2.24, 2.45) is 5.16 Å². The molecule has 4 nitrogen and oxygen atoms in total. The maximum Gasteiger partial charge on any atom is 0.190 e. The van der Waals surface area contributed by atoms with Gasteiger partial charge in [-0.05, 0) is 36.4 Å². The van der Waals surface area contributed by atoms with Gasteiger partial charge in [-0.3, -0.25) is 0 Å². The molecule has 0 radical (unpaired) electrons. The van der Waals surface area contributed by atoms with Gasteiger partial charge in [-0.1, -0.05) is 28.9 Å². The third-order valence-corrected chi connectivity index (χ3v) is 2.72. The fourth-order valence-corrected chi connectivity index (χ4v) is 1.73. The van der Waals surface area contributed by atoms with Crippen LogP contribution in [0.3, 0.4) is 0 Å².